The minimum Gasteiger partial charge on any atom is -0.394 e. The van der Waals surface area contributed by atoms with E-state index in [9.17, 15) is 30.7 Å². The molecule has 2 nitrogen and oxygen atoms in total. The van der Waals surface area contributed by atoms with Gasteiger partial charge in [-0.1, -0.05) is 0 Å². The van der Waals surface area contributed by atoms with Crippen LogP contribution in [0.3, 0.4) is 0 Å². The first kappa shape index (κ1) is 16.7. The summed E-state index contributed by atoms with van der Waals surface area (Å²) >= 11 is 0. The van der Waals surface area contributed by atoms with Crippen LogP contribution in [-0.4, -0.2) is 24.4 Å². The SMILES string of the molecule is OCC(NCC(F)(F)F)c1cc(F)cc(C(F)(F)F)c1. The lowest BCUT2D eigenvalue weighted by Crippen LogP contribution is -2.34. The highest BCUT2D eigenvalue weighted by atomic mass is 19.4. The van der Waals surface area contributed by atoms with Crippen LogP contribution in [0.5, 0.6) is 0 Å². The summed E-state index contributed by atoms with van der Waals surface area (Å²) in [4.78, 5) is 0. The molecular weight excluding hydrogens is 295 g/mol. The van der Waals surface area contributed by atoms with Gasteiger partial charge in [0.25, 0.3) is 0 Å². The van der Waals surface area contributed by atoms with Gasteiger partial charge in [-0.15, -0.1) is 0 Å². The molecule has 0 bridgehead atoms. The summed E-state index contributed by atoms with van der Waals surface area (Å²) in [6.07, 6.45) is -9.44. The van der Waals surface area contributed by atoms with E-state index in [1.165, 1.54) is 0 Å². The van der Waals surface area contributed by atoms with E-state index >= 15 is 0 Å². The molecule has 2 N–H and O–H groups in total. The number of alkyl halides is 6. The number of hydrogen-bond acceptors (Lipinski definition) is 2. The maximum absolute atomic E-state index is 13.1. The summed E-state index contributed by atoms with van der Waals surface area (Å²) in [6, 6.07) is -0.0948. The van der Waals surface area contributed by atoms with Gasteiger partial charge in [0.2, 0.25) is 0 Å². The third kappa shape index (κ3) is 4.97. The van der Waals surface area contributed by atoms with Crippen molar-refractivity contribution < 1.29 is 35.8 Å². The molecule has 9 heteroatoms. The second-order valence-electron chi connectivity index (χ2n) is 4.00. The fraction of sp³-hybridized carbons (Fsp3) is 0.455. The molecule has 0 amide bonds. The molecule has 0 aliphatic carbocycles. The van der Waals surface area contributed by atoms with Crippen LogP contribution in [0.2, 0.25) is 0 Å². The van der Waals surface area contributed by atoms with E-state index < -0.39 is 48.5 Å². The predicted octanol–water partition coefficient (Wildman–Crippen LogP) is 3.03. The summed E-state index contributed by atoms with van der Waals surface area (Å²) in [5, 5.41) is 10.7. The maximum Gasteiger partial charge on any atom is 0.416 e. The van der Waals surface area contributed by atoms with Crippen molar-refractivity contribution in [3.8, 4) is 0 Å². The van der Waals surface area contributed by atoms with Crippen LogP contribution < -0.4 is 5.32 Å². The summed E-state index contributed by atoms with van der Waals surface area (Å²) in [6.45, 7) is -2.42. The number of benzene rings is 1. The van der Waals surface area contributed by atoms with Crippen molar-refractivity contribution in [2.24, 2.45) is 0 Å². The van der Waals surface area contributed by atoms with E-state index in [0.717, 1.165) is 0 Å². The maximum atomic E-state index is 13.1. The minimum absolute atomic E-state index is 0.224. The summed E-state index contributed by atoms with van der Waals surface area (Å²) in [7, 11) is 0. The van der Waals surface area contributed by atoms with Gasteiger partial charge in [0, 0.05) is 0 Å². The minimum atomic E-state index is -4.83. The zero-order chi connectivity index (χ0) is 15.6. The van der Waals surface area contributed by atoms with Crippen LogP contribution in [0, 0.1) is 5.82 Å². The van der Waals surface area contributed by atoms with Gasteiger partial charge in [-0.25, -0.2) is 4.39 Å². The molecular formula is C11H10F7NO. The third-order valence-electron chi connectivity index (χ3n) is 2.38. The van der Waals surface area contributed by atoms with Crippen molar-refractivity contribution in [3.63, 3.8) is 0 Å². The van der Waals surface area contributed by atoms with Crippen LogP contribution in [-0.2, 0) is 6.18 Å². The van der Waals surface area contributed by atoms with E-state index in [0.29, 0.717) is 12.1 Å². The first-order valence-corrected chi connectivity index (χ1v) is 5.31. The fourth-order valence-electron chi connectivity index (χ4n) is 1.50. The molecule has 0 aliphatic heterocycles. The molecule has 0 heterocycles. The Morgan fingerprint density at radius 3 is 2.10 bits per heavy atom. The molecule has 0 aromatic heterocycles. The molecule has 1 unspecified atom stereocenters. The van der Waals surface area contributed by atoms with Crippen LogP contribution >= 0.6 is 0 Å². The van der Waals surface area contributed by atoms with Crippen LogP contribution in [0.4, 0.5) is 30.7 Å². The van der Waals surface area contributed by atoms with E-state index in [4.69, 9.17) is 5.11 Å². The third-order valence-corrected chi connectivity index (χ3v) is 2.38. The van der Waals surface area contributed by atoms with Gasteiger partial charge in [-0.05, 0) is 23.8 Å². The Balaban J connectivity index is 3.01. The Kier molecular flexibility index (Phi) is 4.98. The van der Waals surface area contributed by atoms with Gasteiger partial charge < -0.3 is 5.11 Å². The van der Waals surface area contributed by atoms with E-state index in [-0.39, 0.29) is 6.07 Å². The Labute approximate surface area is 109 Å². The van der Waals surface area contributed by atoms with Crippen LogP contribution in [0.15, 0.2) is 18.2 Å². The summed E-state index contributed by atoms with van der Waals surface area (Å²) < 4.78 is 86.5. The Morgan fingerprint density at radius 1 is 1.05 bits per heavy atom. The van der Waals surface area contributed by atoms with Gasteiger partial charge in [0.15, 0.2) is 0 Å². The Hall–Kier alpha value is -1.35. The highest BCUT2D eigenvalue weighted by Gasteiger charge is 2.33. The molecule has 0 fully saturated rings. The Morgan fingerprint density at radius 2 is 1.65 bits per heavy atom. The molecule has 1 rings (SSSR count). The average molecular weight is 305 g/mol. The van der Waals surface area contributed by atoms with Crippen LogP contribution in [0.25, 0.3) is 0 Å². The highest BCUT2D eigenvalue weighted by molar-refractivity contribution is 5.29. The molecule has 0 saturated heterocycles. The monoisotopic (exact) mass is 305 g/mol. The van der Waals surface area contributed by atoms with Crippen LogP contribution in [0.1, 0.15) is 17.2 Å². The molecule has 1 aromatic carbocycles. The van der Waals surface area contributed by atoms with Gasteiger partial charge in [0.05, 0.1) is 24.8 Å². The molecule has 0 saturated carbocycles. The smallest absolute Gasteiger partial charge is 0.394 e. The van der Waals surface area contributed by atoms with Crippen molar-refractivity contribution in [3.05, 3.63) is 35.1 Å². The van der Waals surface area contributed by atoms with Gasteiger partial charge in [-0.2, -0.15) is 26.3 Å². The van der Waals surface area contributed by atoms with Crippen molar-refractivity contribution in [1.82, 2.24) is 5.32 Å². The summed E-state index contributed by atoms with van der Waals surface area (Å²) in [5.41, 5.74) is -1.75. The number of nitrogens with one attached hydrogen (secondary N) is 1. The number of hydrogen-bond donors (Lipinski definition) is 2. The second kappa shape index (κ2) is 5.96. The fourth-order valence-corrected chi connectivity index (χ4v) is 1.50. The second-order valence-corrected chi connectivity index (χ2v) is 4.00. The molecule has 0 aliphatic rings. The van der Waals surface area contributed by atoms with Gasteiger partial charge in [0.1, 0.15) is 5.82 Å². The lowest BCUT2D eigenvalue weighted by atomic mass is 10.0. The van der Waals surface area contributed by atoms with Gasteiger partial charge in [-0.3, -0.25) is 5.32 Å². The normalized spacial score (nSPS) is 14.4. The highest BCUT2D eigenvalue weighted by Crippen LogP contribution is 2.31. The largest absolute Gasteiger partial charge is 0.416 e. The predicted molar refractivity (Wildman–Crippen MR) is 55.3 cm³/mol. The lowest BCUT2D eigenvalue weighted by molar-refractivity contribution is -0.138. The first-order chi connectivity index (χ1) is 9.03. The van der Waals surface area contributed by atoms with Gasteiger partial charge >= 0.3 is 12.4 Å². The first-order valence-electron chi connectivity index (χ1n) is 5.31. The molecule has 20 heavy (non-hydrogen) atoms. The standard InChI is InChI=1S/C11H10F7NO/c12-8-2-6(1-7(3-8)11(16,17)18)9(4-20)19-5-10(13,14)15/h1-3,9,19-20H,4-5H2. The lowest BCUT2D eigenvalue weighted by Gasteiger charge is -2.19. The summed E-state index contributed by atoms with van der Waals surface area (Å²) in [5.74, 6) is -1.25. The number of aliphatic hydroxyl groups excluding tert-OH is 1. The van der Waals surface area contributed by atoms with Crippen molar-refractivity contribution >= 4 is 0 Å². The Bertz CT molecular complexity index is 455. The molecule has 1 aromatic rings. The number of aliphatic hydroxyl groups is 1. The number of halogens is 7. The van der Waals surface area contributed by atoms with E-state index in [1.807, 2.05) is 5.32 Å². The molecule has 114 valence electrons. The van der Waals surface area contributed by atoms with E-state index in [2.05, 4.69) is 0 Å². The topological polar surface area (TPSA) is 32.3 Å². The molecule has 1 atom stereocenters. The zero-order valence-corrected chi connectivity index (χ0v) is 9.82. The van der Waals surface area contributed by atoms with Crippen molar-refractivity contribution in [2.45, 2.75) is 18.4 Å². The molecule has 0 spiro atoms. The number of rotatable bonds is 4. The quantitative estimate of drug-likeness (QED) is 0.838. The zero-order valence-electron chi connectivity index (χ0n) is 9.82. The van der Waals surface area contributed by atoms with Crippen molar-refractivity contribution in [2.75, 3.05) is 13.2 Å². The van der Waals surface area contributed by atoms with Crippen molar-refractivity contribution in [1.29, 1.82) is 0 Å². The van der Waals surface area contributed by atoms with E-state index in [1.54, 1.807) is 0 Å². The average Bonchev–Trinajstić information content (AvgIpc) is 2.26. The molecule has 0 radical (unpaired) electrons.